The summed E-state index contributed by atoms with van der Waals surface area (Å²) in [5, 5.41) is 10.8. The van der Waals surface area contributed by atoms with Crippen LogP contribution in [0.3, 0.4) is 0 Å². The van der Waals surface area contributed by atoms with Gasteiger partial charge in [-0.3, -0.25) is 0 Å². The van der Waals surface area contributed by atoms with Crippen LogP contribution in [0, 0.1) is 17.3 Å². The first kappa shape index (κ1) is 11.8. The molecule has 82 valence electrons. The smallest absolute Gasteiger partial charge is 0.0930 e. The lowest BCUT2D eigenvalue weighted by Gasteiger charge is -2.50. The van der Waals surface area contributed by atoms with Gasteiger partial charge in [-0.15, -0.1) is 0 Å². The fraction of sp³-hybridized carbons (Fsp3) is 0.846. The van der Waals surface area contributed by atoms with Crippen LogP contribution in [0.5, 0.6) is 0 Å². The van der Waals surface area contributed by atoms with Crippen LogP contribution in [0.2, 0.25) is 0 Å². The number of allylic oxidation sites excluding steroid dienone is 1. The molecule has 1 rings (SSSR count). The summed E-state index contributed by atoms with van der Waals surface area (Å²) < 4.78 is 0. The van der Waals surface area contributed by atoms with E-state index in [1.165, 1.54) is 0 Å². The minimum Gasteiger partial charge on any atom is -0.385 e. The van der Waals surface area contributed by atoms with Crippen molar-refractivity contribution >= 4 is 0 Å². The van der Waals surface area contributed by atoms with Gasteiger partial charge in [0.15, 0.2) is 0 Å². The van der Waals surface area contributed by atoms with Crippen molar-refractivity contribution in [1.82, 2.24) is 0 Å². The van der Waals surface area contributed by atoms with Crippen molar-refractivity contribution in [3.63, 3.8) is 0 Å². The van der Waals surface area contributed by atoms with Crippen LogP contribution in [0.4, 0.5) is 0 Å². The number of aliphatic hydroxyl groups is 1. The molecule has 0 amide bonds. The normalized spacial score (nSPS) is 39.5. The van der Waals surface area contributed by atoms with Gasteiger partial charge in [-0.25, -0.2) is 0 Å². The Labute approximate surface area is 88.2 Å². The Hall–Kier alpha value is -0.300. The molecule has 0 spiro atoms. The van der Waals surface area contributed by atoms with Gasteiger partial charge in [-0.05, 0) is 36.2 Å². The fourth-order valence-electron chi connectivity index (χ4n) is 2.77. The lowest BCUT2D eigenvalue weighted by molar-refractivity contribution is -0.0885. The Morgan fingerprint density at radius 3 is 2.21 bits per heavy atom. The average Bonchev–Trinajstić information content (AvgIpc) is 2.06. The van der Waals surface area contributed by atoms with Crippen LogP contribution in [0.15, 0.2) is 11.6 Å². The molecule has 1 nitrogen and oxygen atoms in total. The van der Waals surface area contributed by atoms with Crippen LogP contribution >= 0.6 is 0 Å². The Morgan fingerprint density at radius 2 is 1.86 bits per heavy atom. The molecule has 0 heterocycles. The third kappa shape index (κ3) is 1.52. The maximum absolute atomic E-state index is 10.8. The zero-order valence-electron chi connectivity index (χ0n) is 10.4. The Balaban J connectivity index is 3.17. The Kier molecular flexibility index (Phi) is 2.84. The third-order valence-electron chi connectivity index (χ3n) is 4.05. The molecule has 1 aliphatic rings. The van der Waals surface area contributed by atoms with E-state index in [1.54, 1.807) is 0 Å². The molecule has 0 bridgehead atoms. The van der Waals surface area contributed by atoms with Crippen molar-refractivity contribution in [3.05, 3.63) is 11.6 Å². The van der Waals surface area contributed by atoms with Crippen LogP contribution in [0.1, 0.15) is 48.0 Å². The van der Waals surface area contributed by atoms with E-state index in [9.17, 15) is 5.11 Å². The predicted octanol–water partition coefficient (Wildman–Crippen LogP) is 3.39. The molecule has 3 unspecified atom stereocenters. The van der Waals surface area contributed by atoms with Gasteiger partial charge in [0.25, 0.3) is 0 Å². The van der Waals surface area contributed by atoms with E-state index in [1.807, 2.05) is 0 Å². The lowest BCUT2D eigenvalue weighted by Crippen LogP contribution is -2.52. The van der Waals surface area contributed by atoms with Gasteiger partial charge in [0.05, 0.1) is 5.60 Å². The maximum Gasteiger partial charge on any atom is 0.0930 e. The molecular formula is C13H24O. The minimum absolute atomic E-state index is 0.0817. The van der Waals surface area contributed by atoms with Gasteiger partial charge < -0.3 is 5.11 Å². The largest absolute Gasteiger partial charge is 0.385 e. The summed E-state index contributed by atoms with van der Waals surface area (Å²) in [6, 6.07) is 0. The summed E-state index contributed by atoms with van der Waals surface area (Å²) >= 11 is 0. The van der Waals surface area contributed by atoms with Gasteiger partial charge in [-0.1, -0.05) is 40.7 Å². The molecule has 1 aliphatic carbocycles. The van der Waals surface area contributed by atoms with Gasteiger partial charge in [0.2, 0.25) is 0 Å². The molecule has 14 heavy (non-hydrogen) atoms. The van der Waals surface area contributed by atoms with Gasteiger partial charge in [0.1, 0.15) is 0 Å². The van der Waals surface area contributed by atoms with E-state index in [-0.39, 0.29) is 5.41 Å². The van der Waals surface area contributed by atoms with E-state index in [0.29, 0.717) is 11.8 Å². The second-order valence-electron chi connectivity index (χ2n) is 5.91. The Bertz CT molecular complexity index is 246. The van der Waals surface area contributed by atoms with Crippen LogP contribution in [-0.2, 0) is 0 Å². The van der Waals surface area contributed by atoms with Crippen molar-refractivity contribution in [2.24, 2.45) is 17.3 Å². The van der Waals surface area contributed by atoms with Crippen molar-refractivity contribution < 1.29 is 5.11 Å². The maximum atomic E-state index is 10.8. The first-order chi connectivity index (χ1) is 6.21. The molecule has 1 heteroatoms. The summed E-state index contributed by atoms with van der Waals surface area (Å²) in [7, 11) is 0. The lowest BCUT2D eigenvalue weighted by atomic mass is 9.60. The van der Waals surface area contributed by atoms with Crippen LogP contribution in [-0.4, -0.2) is 10.7 Å². The van der Waals surface area contributed by atoms with Crippen molar-refractivity contribution in [2.45, 2.75) is 53.6 Å². The molecule has 0 saturated carbocycles. The molecule has 1 N–H and O–H groups in total. The van der Waals surface area contributed by atoms with Crippen molar-refractivity contribution in [1.29, 1.82) is 0 Å². The fourth-order valence-corrected chi connectivity index (χ4v) is 2.77. The average molecular weight is 196 g/mol. The number of hydrogen-bond donors (Lipinski definition) is 1. The molecule has 3 atom stereocenters. The number of hydrogen-bond acceptors (Lipinski definition) is 1. The van der Waals surface area contributed by atoms with E-state index >= 15 is 0 Å². The van der Waals surface area contributed by atoms with E-state index < -0.39 is 5.60 Å². The summed E-state index contributed by atoms with van der Waals surface area (Å²) in [4.78, 5) is 0. The highest BCUT2D eigenvalue weighted by Crippen LogP contribution is 2.48. The number of rotatable bonds is 0. The molecule has 0 radical (unpaired) electrons. The molecule has 0 aliphatic heterocycles. The van der Waals surface area contributed by atoms with Crippen molar-refractivity contribution in [2.75, 3.05) is 0 Å². The second-order valence-corrected chi connectivity index (χ2v) is 5.91. The first-order valence-electron chi connectivity index (χ1n) is 5.61. The second kappa shape index (κ2) is 3.37. The SMILES string of the molecule is CC1=CCC(C)C(C)C1(O)C(C)(C)C. The van der Waals surface area contributed by atoms with E-state index in [0.717, 1.165) is 12.0 Å². The molecule has 0 aromatic carbocycles. The molecule has 0 aromatic heterocycles. The highest BCUT2D eigenvalue weighted by atomic mass is 16.3. The molecule has 0 saturated heterocycles. The highest BCUT2D eigenvalue weighted by molar-refractivity contribution is 5.23. The summed E-state index contributed by atoms with van der Waals surface area (Å²) in [5.41, 5.74) is 0.433. The topological polar surface area (TPSA) is 20.2 Å². The first-order valence-corrected chi connectivity index (χ1v) is 5.61. The highest BCUT2D eigenvalue weighted by Gasteiger charge is 2.48. The van der Waals surface area contributed by atoms with Crippen LogP contribution in [0.25, 0.3) is 0 Å². The summed E-state index contributed by atoms with van der Waals surface area (Å²) in [6.45, 7) is 12.8. The zero-order chi connectivity index (χ0) is 11.1. The third-order valence-corrected chi connectivity index (χ3v) is 4.05. The minimum atomic E-state index is -0.634. The van der Waals surface area contributed by atoms with Crippen molar-refractivity contribution in [3.8, 4) is 0 Å². The predicted molar refractivity (Wildman–Crippen MR) is 61.1 cm³/mol. The van der Waals surface area contributed by atoms with Gasteiger partial charge in [0, 0.05) is 0 Å². The van der Waals surface area contributed by atoms with Gasteiger partial charge in [-0.2, -0.15) is 0 Å². The molecule has 0 fully saturated rings. The summed E-state index contributed by atoms with van der Waals surface area (Å²) in [6.07, 6.45) is 3.31. The summed E-state index contributed by atoms with van der Waals surface area (Å²) in [5.74, 6) is 0.912. The standard InChI is InChI=1S/C13H24O/c1-9-7-8-10(2)13(14,11(9)3)12(4,5)6/h8-9,11,14H,7H2,1-6H3. The zero-order valence-corrected chi connectivity index (χ0v) is 10.4. The Morgan fingerprint density at radius 1 is 1.36 bits per heavy atom. The van der Waals surface area contributed by atoms with E-state index in [2.05, 4.69) is 47.6 Å². The van der Waals surface area contributed by atoms with Crippen LogP contribution < -0.4 is 0 Å². The quantitative estimate of drug-likeness (QED) is 0.589. The monoisotopic (exact) mass is 196 g/mol. The molecule has 0 aromatic rings. The molecular weight excluding hydrogens is 172 g/mol. The van der Waals surface area contributed by atoms with E-state index in [4.69, 9.17) is 0 Å². The van der Waals surface area contributed by atoms with Gasteiger partial charge >= 0.3 is 0 Å².